The molecule has 0 aliphatic heterocycles. The predicted molar refractivity (Wildman–Crippen MR) is 84.2 cm³/mol. The Morgan fingerprint density at radius 2 is 1.95 bits per heavy atom. The van der Waals surface area contributed by atoms with Crippen LogP contribution < -0.4 is 5.32 Å². The second-order valence-corrected chi connectivity index (χ2v) is 6.36. The van der Waals surface area contributed by atoms with Gasteiger partial charge in [-0.15, -0.1) is 10.2 Å². The Balaban J connectivity index is 1.89. The van der Waals surface area contributed by atoms with E-state index in [-0.39, 0.29) is 17.6 Å². The number of benzene rings is 1. The normalized spacial score (nSPS) is 10.9. The highest BCUT2D eigenvalue weighted by Gasteiger charge is 2.12. The fourth-order valence-corrected chi connectivity index (χ4v) is 2.56. The highest BCUT2D eigenvalue weighted by Crippen LogP contribution is 2.23. The zero-order chi connectivity index (χ0) is 15.4. The maximum atomic E-state index is 11.8. The van der Waals surface area contributed by atoms with Gasteiger partial charge < -0.3 is 9.73 Å². The highest BCUT2D eigenvalue weighted by molar-refractivity contribution is 7.99. The molecule has 21 heavy (non-hydrogen) atoms. The fraction of sp³-hybridized carbons (Fsp3) is 0.308. The first kappa shape index (κ1) is 16.1. The zero-order valence-electron chi connectivity index (χ0n) is 11.4. The molecule has 2 rings (SSSR count). The van der Waals surface area contributed by atoms with Gasteiger partial charge in [-0.3, -0.25) is 4.79 Å². The van der Waals surface area contributed by atoms with Crippen LogP contribution in [0.2, 0.25) is 10.0 Å². The lowest BCUT2D eigenvalue weighted by molar-refractivity contribution is -0.113. The summed E-state index contributed by atoms with van der Waals surface area (Å²) >= 11 is 12.9. The first-order chi connectivity index (χ1) is 9.94. The lowest BCUT2D eigenvalue weighted by Gasteiger charge is -2.05. The van der Waals surface area contributed by atoms with Gasteiger partial charge in [-0.1, -0.05) is 48.8 Å². The maximum Gasteiger partial charge on any atom is 0.277 e. The summed E-state index contributed by atoms with van der Waals surface area (Å²) in [6.45, 7) is 3.91. The van der Waals surface area contributed by atoms with Gasteiger partial charge in [0, 0.05) is 21.7 Å². The number of carbonyl (C=O) groups is 1. The summed E-state index contributed by atoms with van der Waals surface area (Å²) in [7, 11) is 0. The van der Waals surface area contributed by atoms with Crippen LogP contribution in [0.5, 0.6) is 0 Å². The number of carbonyl (C=O) groups excluding carboxylic acids is 1. The molecule has 1 aromatic carbocycles. The number of thioether (sulfide) groups is 1. The van der Waals surface area contributed by atoms with Crippen molar-refractivity contribution in [1.82, 2.24) is 10.2 Å². The van der Waals surface area contributed by atoms with Gasteiger partial charge >= 0.3 is 0 Å². The summed E-state index contributed by atoms with van der Waals surface area (Å²) in [4.78, 5) is 11.8. The first-order valence-electron chi connectivity index (χ1n) is 6.16. The predicted octanol–water partition coefficient (Wildman–Crippen LogP) is 4.23. The molecule has 2 aromatic rings. The van der Waals surface area contributed by atoms with Gasteiger partial charge in [-0.25, -0.2) is 0 Å². The Bertz CT molecular complexity index is 626. The van der Waals surface area contributed by atoms with Crippen LogP contribution in [0.25, 0.3) is 0 Å². The van der Waals surface area contributed by atoms with Crippen molar-refractivity contribution in [2.75, 3.05) is 11.1 Å². The number of aromatic nitrogens is 2. The molecule has 1 N–H and O–H groups in total. The molecule has 0 aliphatic carbocycles. The highest BCUT2D eigenvalue weighted by atomic mass is 35.5. The van der Waals surface area contributed by atoms with E-state index in [2.05, 4.69) is 15.5 Å². The van der Waals surface area contributed by atoms with Gasteiger partial charge in [-0.2, -0.15) is 0 Å². The van der Waals surface area contributed by atoms with Crippen molar-refractivity contribution in [2.24, 2.45) is 0 Å². The topological polar surface area (TPSA) is 68.0 Å². The number of hydrogen-bond donors (Lipinski definition) is 1. The summed E-state index contributed by atoms with van der Waals surface area (Å²) < 4.78 is 5.40. The van der Waals surface area contributed by atoms with Crippen molar-refractivity contribution in [3.8, 4) is 0 Å². The largest absolute Gasteiger partial charge is 0.416 e. The molecule has 0 saturated carbocycles. The molecule has 0 spiro atoms. The fourth-order valence-electron chi connectivity index (χ4n) is 1.46. The van der Waals surface area contributed by atoms with Crippen LogP contribution in [-0.2, 0) is 4.79 Å². The van der Waals surface area contributed by atoms with Crippen LogP contribution >= 0.6 is 35.0 Å². The van der Waals surface area contributed by atoms with Crippen LogP contribution in [0.15, 0.2) is 27.8 Å². The summed E-state index contributed by atoms with van der Waals surface area (Å²) in [5, 5.41) is 11.8. The Hall–Kier alpha value is -1.24. The molecule has 1 heterocycles. The zero-order valence-corrected chi connectivity index (χ0v) is 13.7. The number of hydrogen-bond acceptors (Lipinski definition) is 5. The maximum absolute atomic E-state index is 11.8. The molecule has 1 amide bonds. The number of nitrogens with zero attached hydrogens (tertiary/aromatic N) is 2. The monoisotopic (exact) mass is 345 g/mol. The Morgan fingerprint density at radius 1 is 1.29 bits per heavy atom. The van der Waals surface area contributed by atoms with Gasteiger partial charge in [0.25, 0.3) is 5.22 Å². The van der Waals surface area contributed by atoms with Gasteiger partial charge in [0.15, 0.2) is 0 Å². The molecular weight excluding hydrogens is 333 g/mol. The van der Waals surface area contributed by atoms with Gasteiger partial charge in [0.1, 0.15) is 0 Å². The molecule has 1 aromatic heterocycles. The molecule has 0 aliphatic rings. The van der Waals surface area contributed by atoms with Crippen LogP contribution in [0.3, 0.4) is 0 Å². The molecule has 0 atom stereocenters. The second kappa shape index (κ2) is 7.15. The SMILES string of the molecule is CC(C)c1nnc(SCC(=O)Nc2cc(Cl)cc(Cl)c2)o1. The summed E-state index contributed by atoms with van der Waals surface area (Å²) in [5.41, 5.74) is 0.548. The van der Waals surface area contributed by atoms with E-state index in [1.807, 2.05) is 13.8 Å². The molecule has 0 bridgehead atoms. The third-order valence-corrected chi connectivity index (χ3v) is 3.64. The molecule has 0 fully saturated rings. The number of rotatable bonds is 5. The molecular formula is C13H13Cl2N3O2S. The summed E-state index contributed by atoms with van der Waals surface area (Å²) in [6.07, 6.45) is 0. The number of halogens is 2. The van der Waals surface area contributed by atoms with E-state index >= 15 is 0 Å². The van der Waals surface area contributed by atoms with Crippen molar-refractivity contribution >= 4 is 46.6 Å². The van der Waals surface area contributed by atoms with Crippen LogP contribution in [-0.4, -0.2) is 21.9 Å². The number of amides is 1. The van der Waals surface area contributed by atoms with E-state index in [0.29, 0.717) is 26.8 Å². The van der Waals surface area contributed by atoms with Crippen molar-refractivity contribution in [2.45, 2.75) is 25.0 Å². The lowest BCUT2D eigenvalue weighted by atomic mass is 10.2. The lowest BCUT2D eigenvalue weighted by Crippen LogP contribution is -2.13. The average molecular weight is 346 g/mol. The van der Waals surface area contributed by atoms with E-state index in [9.17, 15) is 4.79 Å². The number of anilines is 1. The molecule has 8 heteroatoms. The van der Waals surface area contributed by atoms with Gasteiger partial charge in [-0.05, 0) is 18.2 Å². The third kappa shape index (κ3) is 4.91. The standard InChI is InChI=1S/C13H13Cl2N3O2S/c1-7(2)12-17-18-13(20-12)21-6-11(19)16-10-4-8(14)3-9(15)5-10/h3-5,7H,6H2,1-2H3,(H,16,19). The van der Waals surface area contributed by atoms with E-state index in [1.165, 1.54) is 11.8 Å². The summed E-state index contributed by atoms with van der Waals surface area (Å²) in [5.74, 6) is 0.667. The van der Waals surface area contributed by atoms with Crippen molar-refractivity contribution in [3.63, 3.8) is 0 Å². The van der Waals surface area contributed by atoms with Gasteiger partial charge in [0.2, 0.25) is 11.8 Å². The molecule has 0 radical (unpaired) electrons. The Labute approximate surface area is 136 Å². The van der Waals surface area contributed by atoms with Crippen LogP contribution in [0, 0.1) is 0 Å². The molecule has 0 unspecified atom stereocenters. The molecule has 112 valence electrons. The minimum absolute atomic E-state index is 0.157. The van der Waals surface area contributed by atoms with E-state index in [0.717, 1.165) is 0 Å². The quantitative estimate of drug-likeness (QED) is 0.821. The number of nitrogens with one attached hydrogen (secondary N) is 1. The molecule has 0 saturated heterocycles. The smallest absolute Gasteiger partial charge is 0.277 e. The first-order valence-corrected chi connectivity index (χ1v) is 7.90. The van der Waals surface area contributed by atoms with Crippen molar-refractivity contribution in [1.29, 1.82) is 0 Å². The second-order valence-electron chi connectivity index (χ2n) is 4.56. The van der Waals surface area contributed by atoms with Crippen molar-refractivity contribution < 1.29 is 9.21 Å². The van der Waals surface area contributed by atoms with E-state index in [4.69, 9.17) is 27.6 Å². The van der Waals surface area contributed by atoms with Crippen LogP contribution in [0.1, 0.15) is 25.7 Å². The Morgan fingerprint density at radius 3 is 2.52 bits per heavy atom. The molecule has 5 nitrogen and oxygen atoms in total. The Kier molecular flexibility index (Phi) is 5.50. The van der Waals surface area contributed by atoms with Gasteiger partial charge in [0.05, 0.1) is 5.75 Å². The minimum atomic E-state index is -0.206. The van der Waals surface area contributed by atoms with Crippen molar-refractivity contribution in [3.05, 3.63) is 34.1 Å². The van der Waals surface area contributed by atoms with Crippen LogP contribution in [0.4, 0.5) is 5.69 Å². The summed E-state index contributed by atoms with van der Waals surface area (Å²) in [6, 6.07) is 4.85. The minimum Gasteiger partial charge on any atom is -0.416 e. The van der Waals surface area contributed by atoms with E-state index in [1.54, 1.807) is 18.2 Å². The average Bonchev–Trinajstić information content (AvgIpc) is 2.84. The third-order valence-electron chi connectivity index (χ3n) is 2.39. The van der Waals surface area contributed by atoms with E-state index < -0.39 is 0 Å².